The first-order valence-corrected chi connectivity index (χ1v) is 6.98. The molecule has 2 bridgehead atoms. The van der Waals surface area contributed by atoms with Crippen LogP contribution in [0.15, 0.2) is 35.3 Å². The third kappa shape index (κ3) is 1.95. The van der Waals surface area contributed by atoms with Crippen molar-refractivity contribution in [1.82, 2.24) is 0 Å². The molecule has 3 heterocycles. The zero-order chi connectivity index (χ0) is 15.3. The number of benzene rings is 1. The average Bonchev–Trinajstić information content (AvgIpc) is 2.41. The quantitative estimate of drug-likeness (QED) is 0.785. The predicted octanol–water partition coefficient (Wildman–Crippen LogP) is 2.17. The molecule has 3 aliphatic rings. The molecule has 0 amide bonds. The summed E-state index contributed by atoms with van der Waals surface area (Å²) in [5.74, 6) is -1.01. The maximum absolute atomic E-state index is 12.5. The van der Waals surface area contributed by atoms with Gasteiger partial charge in [-0.3, -0.25) is 4.79 Å². The zero-order valence-corrected chi connectivity index (χ0v) is 12.4. The summed E-state index contributed by atoms with van der Waals surface area (Å²) in [6, 6.07) is 8.90. The van der Waals surface area contributed by atoms with E-state index in [1.54, 1.807) is 31.2 Å². The van der Waals surface area contributed by atoms with Gasteiger partial charge in [0.1, 0.15) is 11.3 Å². The second-order valence-corrected chi connectivity index (χ2v) is 5.82. The van der Waals surface area contributed by atoms with E-state index in [0.717, 1.165) is 0 Å². The monoisotopic (exact) mass is 307 g/mol. The number of rotatable bonds is 2. The Hall–Kier alpha value is -1.88. The number of aliphatic imine (C=N–C) groups is 1. The zero-order valence-electron chi connectivity index (χ0n) is 11.6. The second kappa shape index (κ2) is 4.56. The van der Waals surface area contributed by atoms with Gasteiger partial charge in [-0.1, -0.05) is 41.9 Å². The van der Waals surface area contributed by atoms with Gasteiger partial charge in [0.15, 0.2) is 5.60 Å². The summed E-state index contributed by atoms with van der Waals surface area (Å²) in [5, 5.41) is 0.217. The van der Waals surface area contributed by atoms with Crippen molar-refractivity contribution >= 4 is 28.7 Å². The van der Waals surface area contributed by atoms with Crippen LogP contribution in [0.4, 0.5) is 0 Å². The molecule has 0 radical (unpaired) electrons. The van der Waals surface area contributed by atoms with Gasteiger partial charge in [0.25, 0.3) is 0 Å². The highest BCUT2D eigenvalue weighted by Crippen LogP contribution is 2.48. The van der Waals surface area contributed by atoms with Crippen LogP contribution < -0.4 is 0 Å². The van der Waals surface area contributed by atoms with E-state index >= 15 is 0 Å². The van der Waals surface area contributed by atoms with Gasteiger partial charge in [-0.2, -0.15) is 0 Å². The van der Waals surface area contributed by atoms with Crippen LogP contribution in [0.5, 0.6) is 0 Å². The summed E-state index contributed by atoms with van der Waals surface area (Å²) >= 11 is 6.19. The van der Waals surface area contributed by atoms with E-state index in [2.05, 4.69) is 4.99 Å². The molecule has 6 heteroatoms. The molecule has 0 aliphatic carbocycles. The van der Waals surface area contributed by atoms with Crippen molar-refractivity contribution in [3.8, 4) is 0 Å². The second-order valence-electron chi connectivity index (χ2n) is 5.46. The summed E-state index contributed by atoms with van der Waals surface area (Å²) < 4.78 is 10.8. The molecule has 0 saturated carbocycles. The normalized spacial score (nSPS) is 34.1. The molecule has 110 valence electrons. The van der Waals surface area contributed by atoms with Gasteiger partial charge in [0.05, 0.1) is 0 Å². The number of nitrogens with zero attached hydrogens (tertiary/aromatic N) is 1. The first-order valence-electron chi connectivity index (χ1n) is 6.60. The molecule has 5 nitrogen and oxygen atoms in total. The summed E-state index contributed by atoms with van der Waals surface area (Å²) in [4.78, 5) is 28.3. The molecule has 4 rings (SSSR count). The van der Waals surface area contributed by atoms with E-state index in [-0.39, 0.29) is 11.6 Å². The summed E-state index contributed by atoms with van der Waals surface area (Å²) in [6.45, 7) is 2.97. The molecular weight excluding hydrogens is 294 g/mol. The molecule has 21 heavy (non-hydrogen) atoms. The van der Waals surface area contributed by atoms with E-state index < -0.39 is 29.2 Å². The molecule has 0 unspecified atom stereocenters. The van der Waals surface area contributed by atoms with Crippen molar-refractivity contribution in [3.63, 3.8) is 0 Å². The number of fused-ring (bicyclic) bond motifs is 2. The van der Waals surface area contributed by atoms with Crippen LogP contribution in [0.25, 0.3) is 0 Å². The van der Waals surface area contributed by atoms with E-state index in [1.807, 2.05) is 6.07 Å². The largest absolute Gasteiger partial charge is 0.459 e. The van der Waals surface area contributed by atoms with E-state index in [0.29, 0.717) is 5.56 Å². The van der Waals surface area contributed by atoms with Crippen LogP contribution in [0.1, 0.15) is 25.8 Å². The van der Waals surface area contributed by atoms with Crippen molar-refractivity contribution in [2.75, 3.05) is 0 Å². The Morgan fingerprint density at radius 2 is 2.10 bits per heavy atom. The topological polar surface area (TPSA) is 65.0 Å². The third-order valence-corrected chi connectivity index (χ3v) is 4.39. The fraction of sp³-hybridized carbons (Fsp3) is 0.400. The molecule has 1 aromatic rings. The van der Waals surface area contributed by atoms with Crippen LogP contribution in [-0.2, 0) is 24.6 Å². The Labute approximate surface area is 126 Å². The fourth-order valence-electron chi connectivity index (χ4n) is 2.86. The van der Waals surface area contributed by atoms with Gasteiger partial charge >= 0.3 is 11.9 Å². The Morgan fingerprint density at radius 1 is 1.43 bits per heavy atom. The highest BCUT2D eigenvalue weighted by molar-refractivity contribution is 6.67. The van der Waals surface area contributed by atoms with Crippen LogP contribution >= 0.6 is 11.6 Å². The first kappa shape index (κ1) is 14.1. The molecule has 0 spiro atoms. The number of carbonyl (C=O) groups is 2. The molecule has 3 atom stereocenters. The van der Waals surface area contributed by atoms with Crippen molar-refractivity contribution in [2.24, 2.45) is 4.99 Å². The highest BCUT2D eigenvalue weighted by atomic mass is 35.5. The molecule has 3 aliphatic heterocycles. The highest BCUT2D eigenvalue weighted by Gasteiger charge is 2.64. The summed E-state index contributed by atoms with van der Waals surface area (Å²) in [7, 11) is 0. The van der Waals surface area contributed by atoms with Gasteiger partial charge < -0.3 is 9.47 Å². The van der Waals surface area contributed by atoms with Gasteiger partial charge in [0.2, 0.25) is 5.54 Å². The van der Waals surface area contributed by atoms with Crippen LogP contribution in [0.2, 0.25) is 0 Å². The molecule has 1 aromatic carbocycles. The Morgan fingerprint density at radius 3 is 2.71 bits per heavy atom. The number of halogens is 1. The standard InChI is InChI=1S/C15H14ClNO4/c1-9(18)20-11-8-14(2)12(16)17-15(11,13(19)21-14)10-6-4-3-5-7-10/h3-7,11H,8H2,1-2H3/t11-,14-,15-/m0/s1. The summed E-state index contributed by atoms with van der Waals surface area (Å²) in [6.07, 6.45) is -0.443. The van der Waals surface area contributed by atoms with Crippen molar-refractivity contribution in [3.05, 3.63) is 35.9 Å². The molecule has 0 N–H and O–H groups in total. The third-order valence-electron chi connectivity index (χ3n) is 3.90. The van der Waals surface area contributed by atoms with Crippen molar-refractivity contribution in [1.29, 1.82) is 0 Å². The number of hydrogen-bond donors (Lipinski definition) is 0. The van der Waals surface area contributed by atoms with E-state index in [9.17, 15) is 9.59 Å². The number of esters is 2. The van der Waals surface area contributed by atoms with Gasteiger partial charge in [-0.15, -0.1) is 0 Å². The maximum Gasteiger partial charge on any atom is 0.343 e. The first-order chi connectivity index (χ1) is 9.88. The van der Waals surface area contributed by atoms with Crippen LogP contribution in [-0.4, -0.2) is 28.8 Å². The fourth-order valence-corrected chi connectivity index (χ4v) is 3.11. The molecular formula is C15H14ClNO4. The predicted molar refractivity (Wildman–Crippen MR) is 76.1 cm³/mol. The van der Waals surface area contributed by atoms with Crippen LogP contribution in [0, 0.1) is 0 Å². The SMILES string of the molecule is CC(=O)O[C@H]1C[C@]2(C)OC(=O)[C@@]1(c1ccccc1)N=C2Cl. The van der Waals surface area contributed by atoms with Crippen molar-refractivity contribution in [2.45, 2.75) is 37.5 Å². The lowest BCUT2D eigenvalue weighted by molar-refractivity contribution is -0.190. The van der Waals surface area contributed by atoms with E-state index in [1.165, 1.54) is 6.92 Å². The smallest absolute Gasteiger partial charge is 0.343 e. The minimum atomic E-state index is -1.41. The van der Waals surface area contributed by atoms with E-state index in [4.69, 9.17) is 21.1 Å². The lowest BCUT2D eigenvalue weighted by Gasteiger charge is -2.50. The van der Waals surface area contributed by atoms with Gasteiger partial charge in [-0.05, 0) is 12.5 Å². The lowest BCUT2D eigenvalue weighted by Crippen LogP contribution is -2.64. The van der Waals surface area contributed by atoms with Crippen LogP contribution in [0.3, 0.4) is 0 Å². The Bertz CT molecular complexity index is 644. The lowest BCUT2D eigenvalue weighted by atomic mass is 9.74. The molecule has 1 saturated heterocycles. The van der Waals surface area contributed by atoms with Gasteiger partial charge in [-0.25, -0.2) is 9.79 Å². The van der Waals surface area contributed by atoms with Crippen molar-refractivity contribution < 1.29 is 19.1 Å². The Balaban J connectivity index is 2.20. The Kier molecular flexibility index (Phi) is 3.06. The molecule has 1 fully saturated rings. The minimum Gasteiger partial charge on any atom is -0.459 e. The number of ether oxygens (including phenoxy) is 2. The maximum atomic E-state index is 12.5. The minimum absolute atomic E-state index is 0.217. The molecule has 0 aromatic heterocycles. The van der Waals surface area contributed by atoms with Gasteiger partial charge in [0, 0.05) is 13.3 Å². The summed E-state index contributed by atoms with van der Waals surface area (Å²) in [5.41, 5.74) is -1.85. The number of hydrogen-bond acceptors (Lipinski definition) is 5. The number of carbonyl (C=O) groups excluding carboxylic acids is 2. The average molecular weight is 308 g/mol.